The summed E-state index contributed by atoms with van der Waals surface area (Å²) in [6, 6.07) is 9.09. The van der Waals surface area contributed by atoms with Gasteiger partial charge in [0.2, 0.25) is 5.95 Å². The van der Waals surface area contributed by atoms with Gasteiger partial charge in [0.15, 0.2) is 5.76 Å². The van der Waals surface area contributed by atoms with Crippen LogP contribution in [0.25, 0.3) is 0 Å². The molecule has 1 aliphatic heterocycles. The summed E-state index contributed by atoms with van der Waals surface area (Å²) in [7, 11) is 0. The predicted molar refractivity (Wildman–Crippen MR) is 102 cm³/mol. The van der Waals surface area contributed by atoms with Gasteiger partial charge < -0.3 is 19.5 Å². The first-order chi connectivity index (χ1) is 14.1. The molecule has 8 nitrogen and oxygen atoms in total. The average molecular weight is 395 g/mol. The number of aromatic nitrogens is 2. The van der Waals surface area contributed by atoms with E-state index in [1.54, 1.807) is 34.1 Å². The van der Waals surface area contributed by atoms with E-state index in [4.69, 9.17) is 4.42 Å². The van der Waals surface area contributed by atoms with Gasteiger partial charge in [0, 0.05) is 44.3 Å². The molecule has 3 heterocycles. The lowest BCUT2D eigenvalue weighted by atomic mass is 10.2. The first-order valence-electron chi connectivity index (χ1n) is 9.07. The second-order valence-electron chi connectivity index (χ2n) is 6.49. The van der Waals surface area contributed by atoms with Gasteiger partial charge in [-0.1, -0.05) is 0 Å². The number of hydrogen-bond acceptors (Lipinski definition) is 6. The molecule has 0 spiro atoms. The standard InChI is InChI=1S/C20H18FN5O3/c21-15-3-5-16(6-4-15)24-20-22-12-14(13-23-20)18(27)25-7-9-26(10-8-25)19(28)17-2-1-11-29-17/h1-6,11-13H,7-10H2,(H,22,23,24). The van der Waals surface area contributed by atoms with Crippen LogP contribution in [0.5, 0.6) is 0 Å². The molecule has 1 saturated heterocycles. The molecule has 0 unspecified atom stereocenters. The zero-order valence-electron chi connectivity index (χ0n) is 15.4. The smallest absolute Gasteiger partial charge is 0.289 e. The van der Waals surface area contributed by atoms with Gasteiger partial charge in [0.05, 0.1) is 11.8 Å². The molecule has 0 bridgehead atoms. The molecule has 29 heavy (non-hydrogen) atoms. The van der Waals surface area contributed by atoms with Crippen molar-refractivity contribution in [2.24, 2.45) is 0 Å². The van der Waals surface area contributed by atoms with E-state index in [1.165, 1.54) is 30.8 Å². The molecule has 9 heteroatoms. The topological polar surface area (TPSA) is 91.6 Å². The summed E-state index contributed by atoms with van der Waals surface area (Å²) in [6.45, 7) is 1.69. The van der Waals surface area contributed by atoms with E-state index >= 15 is 0 Å². The number of nitrogens with zero attached hydrogens (tertiary/aromatic N) is 4. The van der Waals surface area contributed by atoms with Gasteiger partial charge >= 0.3 is 0 Å². The van der Waals surface area contributed by atoms with Gasteiger partial charge in [-0.2, -0.15) is 0 Å². The Hall–Kier alpha value is -3.75. The van der Waals surface area contributed by atoms with Gasteiger partial charge in [0.25, 0.3) is 11.8 Å². The minimum atomic E-state index is -0.330. The van der Waals surface area contributed by atoms with E-state index in [0.717, 1.165) is 0 Å². The fourth-order valence-corrected chi connectivity index (χ4v) is 3.02. The van der Waals surface area contributed by atoms with Crippen LogP contribution < -0.4 is 5.32 Å². The Labute approximate surface area is 166 Å². The van der Waals surface area contributed by atoms with Crippen LogP contribution in [0.1, 0.15) is 20.9 Å². The maximum Gasteiger partial charge on any atom is 0.289 e. The number of nitrogens with one attached hydrogen (secondary N) is 1. The molecule has 0 saturated carbocycles. The Kier molecular flexibility index (Phi) is 5.19. The fraction of sp³-hybridized carbons (Fsp3) is 0.200. The summed E-state index contributed by atoms with van der Waals surface area (Å²) in [5.41, 5.74) is 1.00. The summed E-state index contributed by atoms with van der Waals surface area (Å²) < 4.78 is 18.1. The molecule has 0 atom stereocenters. The minimum absolute atomic E-state index is 0.179. The van der Waals surface area contributed by atoms with E-state index in [1.807, 2.05) is 0 Å². The molecule has 4 rings (SSSR count). The Morgan fingerprint density at radius 1 is 0.931 bits per heavy atom. The summed E-state index contributed by atoms with van der Waals surface area (Å²) in [6.07, 6.45) is 4.35. The van der Waals surface area contributed by atoms with Crippen LogP contribution >= 0.6 is 0 Å². The number of anilines is 2. The number of amides is 2. The highest BCUT2D eigenvalue weighted by molar-refractivity contribution is 5.94. The molecule has 0 radical (unpaired) electrons. The lowest BCUT2D eigenvalue weighted by Crippen LogP contribution is -2.50. The SMILES string of the molecule is O=C(c1cnc(Nc2ccc(F)cc2)nc1)N1CCN(C(=O)c2ccco2)CC1. The number of hydrogen-bond donors (Lipinski definition) is 1. The zero-order valence-corrected chi connectivity index (χ0v) is 15.4. The Bertz CT molecular complexity index is 982. The summed E-state index contributed by atoms with van der Waals surface area (Å²) >= 11 is 0. The highest BCUT2D eigenvalue weighted by Crippen LogP contribution is 2.15. The van der Waals surface area contributed by atoms with Crippen molar-refractivity contribution in [2.75, 3.05) is 31.5 Å². The number of halogens is 1. The van der Waals surface area contributed by atoms with Crippen molar-refractivity contribution in [3.63, 3.8) is 0 Å². The third-order valence-electron chi connectivity index (χ3n) is 4.59. The predicted octanol–water partition coefficient (Wildman–Crippen LogP) is 2.55. The van der Waals surface area contributed by atoms with Gasteiger partial charge in [-0.15, -0.1) is 0 Å². The summed E-state index contributed by atoms with van der Waals surface area (Å²) in [4.78, 5) is 36.6. The minimum Gasteiger partial charge on any atom is -0.459 e. The van der Waals surface area contributed by atoms with Crippen molar-refractivity contribution >= 4 is 23.5 Å². The van der Waals surface area contributed by atoms with Crippen LogP contribution in [-0.2, 0) is 0 Å². The molecule has 2 aromatic heterocycles. The van der Waals surface area contributed by atoms with Gasteiger partial charge in [-0.05, 0) is 36.4 Å². The van der Waals surface area contributed by atoms with Crippen LogP contribution in [0, 0.1) is 5.82 Å². The Balaban J connectivity index is 1.34. The lowest BCUT2D eigenvalue weighted by Gasteiger charge is -2.34. The van der Waals surface area contributed by atoms with E-state index < -0.39 is 0 Å². The van der Waals surface area contributed by atoms with E-state index in [0.29, 0.717) is 49.1 Å². The molecule has 148 valence electrons. The molecular formula is C20H18FN5O3. The van der Waals surface area contributed by atoms with Crippen LogP contribution in [-0.4, -0.2) is 57.8 Å². The third kappa shape index (κ3) is 4.23. The second kappa shape index (κ2) is 8.09. The highest BCUT2D eigenvalue weighted by atomic mass is 19.1. The highest BCUT2D eigenvalue weighted by Gasteiger charge is 2.26. The maximum atomic E-state index is 13.0. The molecular weight excluding hydrogens is 377 g/mol. The van der Waals surface area contributed by atoms with Crippen LogP contribution in [0.3, 0.4) is 0 Å². The van der Waals surface area contributed by atoms with Gasteiger partial charge in [-0.25, -0.2) is 14.4 Å². The first-order valence-corrected chi connectivity index (χ1v) is 9.07. The fourth-order valence-electron chi connectivity index (χ4n) is 3.02. The second-order valence-corrected chi connectivity index (χ2v) is 6.49. The largest absolute Gasteiger partial charge is 0.459 e. The Morgan fingerprint density at radius 3 is 2.14 bits per heavy atom. The van der Waals surface area contributed by atoms with Crippen LogP contribution in [0.2, 0.25) is 0 Å². The van der Waals surface area contributed by atoms with E-state index in [-0.39, 0.29) is 17.6 Å². The Morgan fingerprint density at radius 2 is 1.55 bits per heavy atom. The van der Waals surface area contributed by atoms with Crippen LogP contribution in [0.4, 0.5) is 16.0 Å². The molecule has 1 fully saturated rings. The van der Waals surface area contributed by atoms with Crippen molar-refractivity contribution in [1.82, 2.24) is 19.8 Å². The van der Waals surface area contributed by atoms with Crippen molar-refractivity contribution < 1.29 is 18.4 Å². The number of benzene rings is 1. The number of rotatable bonds is 4. The van der Waals surface area contributed by atoms with E-state index in [9.17, 15) is 14.0 Å². The van der Waals surface area contributed by atoms with Crippen molar-refractivity contribution in [3.05, 3.63) is 72.2 Å². The quantitative estimate of drug-likeness (QED) is 0.730. The van der Waals surface area contributed by atoms with E-state index in [2.05, 4.69) is 15.3 Å². The summed E-state index contributed by atoms with van der Waals surface area (Å²) in [5.74, 6) is -0.0992. The summed E-state index contributed by atoms with van der Waals surface area (Å²) in [5, 5.41) is 2.94. The van der Waals surface area contributed by atoms with Crippen molar-refractivity contribution in [1.29, 1.82) is 0 Å². The lowest BCUT2D eigenvalue weighted by molar-refractivity contribution is 0.0517. The molecule has 1 aliphatic rings. The number of furan rings is 1. The van der Waals surface area contributed by atoms with Crippen LogP contribution in [0.15, 0.2) is 59.5 Å². The van der Waals surface area contributed by atoms with Crippen molar-refractivity contribution in [2.45, 2.75) is 0 Å². The maximum absolute atomic E-state index is 13.0. The third-order valence-corrected chi connectivity index (χ3v) is 4.59. The average Bonchev–Trinajstić information content (AvgIpc) is 3.30. The van der Waals surface area contributed by atoms with Crippen molar-refractivity contribution in [3.8, 4) is 0 Å². The number of carbonyl (C=O) groups is 2. The molecule has 2 amide bonds. The van der Waals surface area contributed by atoms with Gasteiger partial charge in [-0.3, -0.25) is 9.59 Å². The molecule has 1 N–H and O–H groups in total. The number of piperazine rings is 1. The molecule has 0 aliphatic carbocycles. The number of carbonyl (C=O) groups excluding carboxylic acids is 2. The zero-order chi connectivity index (χ0) is 20.2. The van der Waals surface area contributed by atoms with Gasteiger partial charge in [0.1, 0.15) is 5.82 Å². The molecule has 1 aromatic carbocycles. The monoisotopic (exact) mass is 395 g/mol. The first kappa shape index (κ1) is 18.6. The molecule has 3 aromatic rings. The normalized spacial score (nSPS) is 14.0.